The molecule has 4 aromatic heterocycles. The van der Waals surface area contributed by atoms with E-state index < -0.39 is 0 Å². The molecule has 8 aromatic rings. The molecule has 9 rings (SSSR count). The van der Waals surface area contributed by atoms with Gasteiger partial charge >= 0.3 is 17.1 Å². The quantitative estimate of drug-likeness (QED) is 0.141. The number of aromatic nitrogens is 4. The second-order valence-electron chi connectivity index (χ2n) is 12.1. The van der Waals surface area contributed by atoms with Crippen LogP contribution in [0, 0.1) is 0 Å². The van der Waals surface area contributed by atoms with Gasteiger partial charge in [0.25, 0.3) is 0 Å². The molecule has 0 saturated heterocycles. The Hall–Kier alpha value is -5.13. The third-order valence-electron chi connectivity index (χ3n) is 9.15. The van der Waals surface area contributed by atoms with E-state index in [9.17, 15) is 0 Å². The largest absolute Gasteiger partial charge is 3.00 e. The summed E-state index contributed by atoms with van der Waals surface area (Å²) in [6, 6.07) is 60.0. The molecule has 4 N–H and O–H groups in total. The molecule has 0 amide bonds. The monoisotopic (exact) mass is 776 g/mol. The zero-order chi connectivity index (χ0) is 31.9. The average Bonchev–Trinajstić information content (AvgIpc) is 3.98. The minimum atomic E-state index is 0. The number of hydrogen-bond donors (Lipinski definition) is 4. The Kier molecular flexibility index (Phi) is 12.1. The van der Waals surface area contributed by atoms with Gasteiger partial charge in [0.1, 0.15) is 0 Å². The molecule has 5 heterocycles. The summed E-state index contributed by atoms with van der Waals surface area (Å²) in [4.78, 5) is 15.4. The number of aromatic amines is 4. The predicted octanol–water partition coefficient (Wildman–Crippen LogP) is -2.69. The Morgan fingerprint density at radius 1 is 0.231 bits per heavy atom. The molecule has 0 saturated carbocycles. The minimum Gasteiger partial charge on any atom is -1.00 e. The predicted molar refractivity (Wildman–Crippen MR) is 194 cm³/mol. The van der Waals surface area contributed by atoms with Gasteiger partial charge in [-0.1, -0.05) is 121 Å². The summed E-state index contributed by atoms with van der Waals surface area (Å²) in [7, 11) is 0. The van der Waals surface area contributed by atoms with Gasteiger partial charge in [-0.05, 0) is 70.8 Å². The number of rotatable bonds is 4. The van der Waals surface area contributed by atoms with Gasteiger partial charge in [-0.2, -0.15) is 0 Å². The number of benzene rings is 4. The van der Waals surface area contributed by atoms with Crippen LogP contribution in [0.3, 0.4) is 0 Å². The van der Waals surface area contributed by atoms with Gasteiger partial charge in [-0.25, -0.2) is 0 Å². The fraction of sp³-hybridized carbons (Fsp3) is 0. The fourth-order valence-corrected chi connectivity index (χ4v) is 6.99. The van der Waals surface area contributed by atoms with Crippen LogP contribution >= 0.6 is 0 Å². The summed E-state index contributed by atoms with van der Waals surface area (Å²) in [5.41, 5.74) is 13.1. The second kappa shape index (κ2) is 16.5. The first-order valence-electron chi connectivity index (χ1n) is 16.3. The topological polar surface area (TPSA) is 63.2 Å². The van der Waals surface area contributed by atoms with Crippen molar-refractivity contribution < 1.29 is 54.3 Å². The van der Waals surface area contributed by atoms with Crippen molar-refractivity contribution in [3.63, 3.8) is 0 Å². The summed E-state index contributed by atoms with van der Waals surface area (Å²) < 4.78 is 0. The molecule has 0 aliphatic carbocycles. The molecule has 0 atom stereocenters. The van der Waals surface area contributed by atoms with Gasteiger partial charge in [-0.15, -0.1) is 0 Å². The van der Waals surface area contributed by atoms with Crippen LogP contribution in [0.4, 0.5) is 0 Å². The number of halogens is 3. The molecule has 0 spiro atoms. The molecule has 8 bridgehead atoms. The van der Waals surface area contributed by atoms with Crippen molar-refractivity contribution in [2.45, 2.75) is 0 Å². The molecule has 0 unspecified atom stereocenters. The van der Waals surface area contributed by atoms with Gasteiger partial charge < -0.3 is 57.2 Å². The van der Waals surface area contributed by atoms with Crippen LogP contribution in [-0.4, -0.2) is 19.9 Å². The minimum absolute atomic E-state index is 0. The van der Waals surface area contributed by atoms with Crippen LogP contribution in [-0.2, 0) is 17.1 Å². The van der Waals surface area contributed by atoms with Crippen molar-refractivity contribution in [3.05, 3.63) is 236 Å². The third-order valence-corrected chi connectivity index (χ3v) is 9.15. The maximum atomic E-state index is 3.84. The van der Waals surface area contributed by atoms with Crippen LogP contribution in [0.1, 0.15) is 45.0 Å². The first-order chi connectivity index (χ1) is 23.8. The van der Waals surface area contributed by atoms with Gasteiger partial charge in [0.2, 0.25) is 0 Å². The molecule has 52 heavy (non-hydrogen) atoms. The molecule has 256 valence electrons. The summed E-state index contributed by atoms with van der Waals surface area (Å²) in [5, 5.41) is 4.16. The van der Waals surface area contributed by atoms with Gasteiger partial charge in [0.15, 0.2) is 0 Å². The van der Waals surface area contributed by atoms with Gasteiger partial charge in [0.05, 0.1) is 0 Å². The summed E-state index contributed by atoms with van der Waals surface area (Å²) >= 11 is 0. The molecule has 8 heteroatoms. The van der Waals surface area contributed by atoms with Gasteiger partial charge in [0, 0.05) is 66.5 Å². The van der Waals surface area contributed by atoms with Crippen LogP contribution in [0.15, 0.2) is 170 Å². The molecule has 1 aliphatic heterocycles. The van der Waals surface area contributed by atoms with E-state index in [4.69, 9.17) is 0 Å². The fourth-order valence-electron chi connectivity index (χ4n) is 6.99. The first kappa shape index (κ1) is 38.1. The van der Waals surface area contributed by atoms with Crippen molar-refractivity contribution in [1.29, 1.82) is 0 Å². The smallest absolute Gasteiger partial charge is 1.00 e. The first-order valence-corrected chi connectivity index (χ1v) is 16.3. The van der Waals surface area contributed by atoms with Crippen molar-refractivity contribution in [2.24, 2.45) is 0 Å². The Morgan fingerprint density at radius 2 is 0.442 bits per heavy atom. The molecule has 0 radical (unpaired) electrons. The summed E-state index contributed by atoms with van der Waals surface area (Å²) in [6.45, 7) is 0. The van der Waals surface area contributed by atoms with Crippen LogP contribution in [0.25, 0.3) is 22.3 Å². The van der Waals surface area contributed by atoms with Crippen LogP contribution < -0.4 is 58.6 Å². The van der Waals surface area contributed by atoms with Gasteiger partial charge in [-0.3, -0.25) is 0 Å². The molecular weight excluding hydrogens is 746 g/mol. The van der Waals surface area contributed by atoms with Crippen LogP contribution in [0.5, 0.6) is 0 Å². The molecule has 4 aromatic carbocycles. The Morgan fingerprint density at radius 3 is 0.654 bits per heavy atom. The Bertz CT molecular complexity index is 2290. The average molecular weight is 778 g/mol. The Labute approximate surface area is 330 Å². The van der Waals surface area contributed by atoms with E-state index in [0.29, 0.717) is 0 Å². The molecular formula is C44H32Cl3MnN4. The number of hydrogen-bond acceptors (Lipinski definition) is 0. The van der Waals surface area contributed by atoms with Crippen molar-refractivity contribution in [1.82, 2.24) is 19.9 Å². The molecule has 1 aliphatic rings. The third kappa shape index (κ3) is 7.03. The van der Waals surface area contributed by atoms with E-state index in [2.05, 4.69) is 190 Å². The summed E-state index contributed by atoms with van der Waals surface area (Å²) in [6.07, 6.45) is 0. The van der Waals surface area contributed by atoms with Crippen molar-refractivity contribution in [2.75, 3.05) is 0 Å². The van der Waals surface area contributed by atoms with Crippen molar-refractivity contribution in [3.8, 4) is 0 Å². The van der Waals surface area contributed by atoms with E-state index in [-0.39, 0.29) is 54.3 Å². The van der Waals surface area contributed by atoms with E-state index in [1.807, 2.05) is 0 Å². The number of fused-ring (bicyclic) bond motifs is 8. The maximum absolute atomic E-state index is 3.84. The van der Waals surface area contributed by atoms with E-state index >= 15 is 0 Å². The molecule has 4 nitrogen and oxygen atoms in total. The molecule has 0 fully saturated rings. The normalized spacial score (nSPS) is 11.8. The SMILES string of the molecule is [Cl-].[Cl-].[Cl-].[Mn+3].c1ccc(C2=c3ccc([nH]3)=C(c3ccccc3)c3ccc([nH]3)C(c3ccccc3)=c3ccc([nH]3)=C(c3ccccc3)c3ccc2[nH]3)cc1. The zero-order valence-electron chi connectivity index (χ0n) is 27.7. The maximum Gasteiger partial charge on any atom is 3.00 e. The number of nitrogens with one attached hydrogen (secondary N) is 4. The zero-order valence-corrected chi connectivity index (χ0v) is 31.1. The Balaban J connectivity index is 0.00000131. The second-order valence-corrected chi connectivity index (χ2v) is 12.1. The van der Waals surface area contributed by atoms with Crippen LogP contribution in [0.2, 0.25) is 0 Å². The summed E-state index contributed by atoms with van der Waals surface area (Å²) in [5.74, 6) is 0. The van der Waals surface area contributed by atoms with E-state index in [0.717, 1.165) is 88.7 Å². The van der Waals surface area contributed by atoms with E-state index in [1.54, 1.807) is 0 Å². The number of H-pyrrole nitrogens is 4. The standard InChI is InChI=1S/C44H32N4.3ClH.Mn/c1-5-13-29(14-6-1)41-33-21-23-35(45-33)42(30-15-7-2-8-16-30)37-25-27-39(47-37)44(32-19-11-4-12-20-32)40-28-26-38(48-40)43(31-17-9-3-10-18-31)36-24-22-34(41)46-36;;;;/h1-28,45-48H;3*1H;/q;;;;+3/p-3. The van der Waals surface area contributed by atoms with Crippen molar-refractivity contribution >= 4 is 22.3 Å². The van der Waals surface area contributed by atoms with E-state index in [1.165, 1.54) is 0 Å².